The van der Waals surface area contributed by atoms with Crippen molar-refractivity contribution in [2.24, 2.45) is 7.05 Å². The Morgan fingerprint density at radius 1 is 1.75 bits per heavy atom. The van der Waals surface area contributed by atoms with Crippen LogP contribution in [-0.4, -0.2) is 34.0 Å². The zero-order valence-electron chi connectivity index (χ0n) is 7.03. The summed E-state index contributed by atoms with van der Waals surface area (Å²) < 4.78 is 7.38. The van der Waals surface area contributed by atoms with Crippen molar-refractivity contribution in [1.29, 1.82) is 0 Å². The van der Waals surface area contributed by atoms with Crippen molar-refractivity contribution < 1.29 is 4.74 Å². The molecule has 12 heavy (non-hydrogen) atoms. The predicted molar refractivity (Wildman–Crippen MR) is 42.4 cm³/mol. The summed E-state index contributed by atoms with van der Waals surface area (Å²) in [5, 5.41) is 10.8. The highest BCUT2D eigenvalue weighted by Crippen LogP contribution is 2.02. The van der Waals surface area contributed by atoms with E-state index in [2.05, 4.69) is 15.5 Å². The van der Waals surface area contributed by atoms with Crippen LogP contribution in [0.1, 0.15) is 5.82 Å². The zero-order valence-corrected chi connectivity index (χ0v) is 7.03. The first-order valence-electron chi connectivity index (χ1n) is 4.01. The Hall–Kier alpha value is -0.940. The maximum atomic E-state index is 5.52. The Morgan fingerprint density at radius 3 is 3.08 bits per heavy atom. The van der Waals surface area contributed by atoms with Crippen LogP contribution in [0.5, 0.6) is 0 Å². The molecule has 0 saturated carbocycles. The number of nitrogens with zero attached hydrogens (tertiary/aromatic N) is 3. The van der Waals surface area contributed by atoms with Crippen molar-refractivity contribution in [2.45, 2.75) is 12.7 Å². The highest BCUT2D eigenvalue weighted by molar-refractivity contribution is 4.83. The van der Waals surface area contributed by atoms with Crippen LogP contribution >= 0.6 is 0 Å². The first kappa shape index (κ1) is 7.70. The number of rotatable bonds is 3. The Bertz CT molecular complexity index is 256. The molecule has 66 valence electrons. The zero-order chi connectivity index (χ0) is 8.39. The third-order valence-corrected chi connectivity index (χ3v) is 2.00. The number of hydrogen-bond acceptors (Lipinski definition) is 4. The van der Waals surface area contributed by atoms with Crippen LogP contribution in [0.25, 0.3) is 0 Å². The summed E-state index contributed by atoms with van der Waals surface area (Å²) in [7, 11) is 1.91. The molecule has 0 aliphatic carbocycles. The van der Waals surface area contributed by atoms with Crippen molar-refractivity contribution in [3.05, 3.63) is 12.2 Å². The minimum absolute atomic E-state index is 0.363. The van der Waals surface area contributed by atoms with Gasteiger partial charge in [0.15, 0.2) is 5.82 Å². The molecule has 5 heteroatoms. The Kier molecular flexibility index (Phi) is 2.05. The highest BCUT2D eigenvalue weighted by atomic mass is 16.5. The summed E-state index contributed by atoms with van der Waals surface area (Å²) in [5.74, 6) is 0.877. The van der Waals surface area contributed by atoms with E-state index in [1.807, 2.05) is 11.6 Å². The fourth-order valence-electron chi connectivity index (χ4n) is 1.01. The van der Waals surface area contributed by atoms with Crippen LogP contribution in [0, 0.1) is 0 Å². The SMILES string of the molecule is Cn1cnnc1COC1CNC1. The Morgan fingerprint density at radius 2 is 2.58 bits per heavy atom. The van der Waals surface area contributed by atoms with Crippen LogP contribution in [0.15, 0.2) is 6.33 Å². The molecule has 0 bridgehead atoms. The lowest BCUT2D eigenvalue weighted by Gasteiger charge is -2.26. The van der Waals surface area contributed by atoms with Gasteiger partial charge >= 0.3 is 0 Å². The van der Waals surface area contributed by atoms with E-state index in [0.29, 0.717) is 12.7 Å². The largest absolute Gasteiger partial charge is 0.368 e. The molecule has 2 rings (SSSR count). The second-order valence-electron chi connectivity index (χ2n) is 2.95. The van der Waals surface area contributed by atoms with Crippen LogP contribution in [0.2, 0.25) is 0 Å². The molecule has 5 nitrogen and oxygen atoms in total. The van der Waals surface area contributed by atoms with Gasteiger partial charge in [-0.05, 0) is 0 Å². The molecule has 1 aliphatic rings. The van der Waals surface area contributed by atoms with Crippen LogP contribution < -0.4 is 5.32 Å². The summed E-state index contributed by atoms with van der Waals surface area (Å²) in [4.78, 5) is 0. The molecule has 0 amide bonds. The molecule has 0 unspecified atom stereocenters. The van der Waals surface area contributed by atoms with Crippen LogP contribution in [-0.2, 0) is 18.4 Å². The fraction of sp³-hybridized carbons (Fsp3) is 0.714. The van der Waals surface area contributed by atoms with E-state index < -0.39 is 0 Å². The standard InChI is InChI=1S/C7H12N4O/c1-11-5-9-10-7(11)4-12-6-2-8-3-6/h5-6,8H,2-4H2,1H3. The maximum absolute atomic E-state index is 5.52. The second kappa shape index (κ2) is 3.20. The lowest BCUT2D eigenvalue weighted by Crippen LogP contribution is -2.48. The third kappa shape index (κ3) is 1.46. The third-order valence-electron chi connectivity index (χ3n) is 2.00. The van der Waals surface area contributed by atoms with E-state index in [1.165, 1.54) is 0 Å². The summed E-state index contributed by atoms with van der Waals surface area (Å²) in [6, 6.07) is 0. The van der Waals surface area contributed by atoms with Crippen molar-refractivity contribution in [1.82, 2.24) is 20.1 Å². The van der Waals surface area contributed by atoms with Gasteiger partial charge in [0.25, 0.3) is 0 Å². The lowest BCUT2D eigenvalue weighted by atomic mass is 10.2. The molecule has 1 aromatic heterocycles. The van der Waals surface area contributed by atoms with Crippen LogP contribution in [0.3, 0.4) is 0 Å². The quantitative estimate of drug-likeness (QED) is 0.648. The van der Waals surface area contributed by atoms with E-state index in [0.717, 1.165) is 18.9 Å². The number of nitrogens with one attached hydrogen (secondary N) is 1. The lowest BCUT2D eigenvalue weighted by molar-refractivity contribution is 0.00335. The van der Waals surface area contributed by atoms with Gasteiger partial charge in [0.2, 0.25) is 0 Å². The van der Waals surface area contributed by atoms with Crippen LogP contribution in [0.4, 0.5) is 0 Å². The number of hydrogen-bond donors (Lipinski definition) is 1. The van der Waals surface area contributed by atoms with E-state index in [9.17, 15) is 0 Å². The fourth-order valence-corrected chi connectivity index (χ4v) is 1.01. The summed E-state index contributed by atoms with van der Waals surface area (Å²) in [6.07, 6.45) is 2.04. The Labute approximate surface area is 70.7 Å². The molecule has 0 radical (unpaired) electrons. The van der Waals surface area contributed by atoms with Gasteiger partial charge in [0.1, 0.15) is 12.9 Å². The van der Waals surface area contributed by atoms with E-state index in [1.54, 1.807) is 6.33 Å². The topological polar surface area (TPSA) is 52.0 Å². The summed E-state index contributed by atoms with van der Waals surface area (Å²) in [6.45, 7) is 2.47. The normalized spacial score (nSPS) is 17.8. The van der Waals surface area contributed by atoms with Gasteiger partial charge in [-0.2, -0.15) is 0 Å². The molecule has 1 aliphatic heterocycles. The predicted octanol–water partition coefficient (Wildman–Crippen LogP) is -0.696. The van der Waals surface area contributed by atoms with Gasteiger partial charge in [-0.15, -0.1) is 10.2 Å². The molecule has 1 N–H and O–H groups in total. The molecule has 0 spiro atoms. The Balaban J connectivity index is 1.82. The first-order valence-corrected chi connectivity index (χ1v) is 4.01. The molecule has 1 aromatic rings. The van der Waals surface area contributed by atoms with E-state index in [4.69, 9.17) is 4.74 Å². The van der Waals surface area contributed by atoms with Gasteiger partial charge in [0.05, 0.1) is 6.10 Å². The van der Waals surface area contributed by atoms with E-state index in [-0.39, 0.29) is 0 Å². The molecule has 1 saturated heterocycles. The van der Waals surface area contributed by atoms with E-state index >= 15 is 0 Å². The second-order valence-corrected chi connectivity index (χ2v) is 2.95. The van der Waals surface area contributed by atoms with Gasteiger partial charge < -0.3 is 14.6 Å². The smallest absolute Gasteiger partial charge is 0.158 e. The first-order chi connectivity index (χ1) is 5.86. The monoisotopic (exact) mass is 168 g/mol. The highest BCUT2D eigenvalue weighted by Gasteiger charge is 2.17. The van der Waals surface area contributed by atoms with Crippen molar-refractivity contribution >= 4 is 0 Å². The van der Waals surface area contributed by atoms with Gasteiger partial charge in [-0.25, -0.2) is 0 Å². The van der Waals surface area contributed by atoms with Gasteiger partial charge in [-0.1, -0.05) is 0 Å². The molecule has 1 fully saturated rings. The van der Waals surface area contributed by atoms with Crippen molar-refractivity contribution in [3.63, 3.8) is 0 Å². The molecule has 2 heterocycles. The molecule has 0 aromatic carbocycles. The van der Waals surface area contributed by atoms with Crippen molar-refractivity contribution in [2.75, 3.05) is 13.1 Å². The minimum Gasteiger partial charge on any atom is -0.368 e. The number of aromatic nitrogens is 3. The average Bonchev–Trinajstić information content (AvgIpc) is 2.33. The molecular formula is C7H12N4O. The average molecular weight is 168 g/mol. The van der Waals surface area contributed by atoms with Crippen molar-refractivity contribution in [3.8, 4) is 0 Å². The maximum Gasteiger partial charge on any atom is 0.158 e. The number of aryl methyl sites for hydroxylation is 1. The number of ether oxygens (including phenoxy) is 1. The van der Waals surface area contributed by atoms with Gasteiger partial charge in [-0.3, -0.25) is 0 Å². The molecular weight excluding hydrogens is 156 g/mol. The summed E-state index contributed by atoms with van der Waals surface area (Å²) >= 11 is 0. The summed E-state index contributed by atoms with van der Waals surface area (Å²) in [5.41, 5.74) is 0. The molecule has 0 atom stereocenters. The van der Waals surface area contributed by atoms with Gasteiger partial charge in [0, 0.05) is 20.1 Å². The minimum atomic E-state index is 0.363.